The molecule has 0 radical (unpaired) electrons. The van der Waals surface area contributed by atoms with E-state index in [1.807, 2.05) is 19.1 Å². The van der Waals surface area contributed by atoms with Crippen molar-refractivity contribution in [3.05, 3.63) is 58.5 Å². The van der Waals surface area contributed by atoms with Gasteiger partial charge in [-0.25, -0.2) is 10.1 Å². The largest absolute Gasteiger partial charge is 0.282 e. The molecular formula is C11H11N3O3. The average Bonchev–Trinajstić information content (AvgIpc) is 2.59. The van der Waals surface area contributed by atoms with Gasteiger partial charge >= 0.3 is 0 Å². The molecule has 1 aliphatic rings. The Balaban J connectivity index is 2.35. The lowest BCUT2D eigenvalue weighted by molar-refractivity contribution is -0.0757. The summed E-state index contributed by atoms with van der Waals surface area (Å²) in [7, 11) is 0. The van der Waals surface area contributed by atoms with Gasteiger partial charge in [-0.2, -0.15) is 0 Å². The Hall–Kier alpha value is -2.18. The third kappa shape index (κ3) is 2.03. The lowest BCUT2D eigenvalue weighted by atomic mass is 10.1. The molecule has 0 spiro atoms. The first kappa shape index (κ1) is 11.3. The van der Waals surface area contributed by atoms with Crippen LogP contribution in [0.25, 0.3) is 5.70 Å². The van der Waals surface area contributed by atoms with Crippen molar-refractivity contribution < 1.29 is 10.4 Å². The maximum atomic E-state index is 10.1. The molecule has 0 fully saturated rings. The normalized spacial score (nSPS) is 17.6. The Morgan fingerprint density at radius 2 is 1.88 bits per heavy atom. The molecule has 1 heterocycles. The molecule has 0 aliphatic carbocycles. The van der Waals surface area contributed by atoms with E-state index in [4.69, 9.17) is 0 Å². The Morgan fingerprint density at radius 3 is 2.47 bits per heavy atom. The summed E-state index contributed by atoms with van der Waals surface area (Å²) in [5, 5.41) is 23.1. The Morgan fingerprint density at radius 1 is 1.24 bits per heavy atom. The zero-order valence-electron chi connectivity index (χ0n) is 9.11. The Bertz CT molecular complexity index is 493. The molecular weight excluding hydrogens is 222 g/mol. The summed E-state index contributed by atoms with van der Waals surface area (Å²) in [6.45, 7) is 1.95. The third-order valence-electron chi connectivity index (χ3n) is 2.44. The Labute approximate surface area is 97.6 Å². The molecule has 88 valence electrons. The second-order valence-electron chi connectivity index (χ2n) is 3.63. The first-order valence-corrected chi connectivity index (χ1v) is 4.92. The molecule has 0 atom stereocenters. The van der Waals surface area contributed by atoms with Gasteiger partial charge in [0.25, 0.3) is 0 Å². The molecule has 6 nitrogen and oxygen atoms in total. The van der Waals surface area contributed by atoms with Gasteiger partial charge in [0, 0.05) is 5.56 Å². The molecule has 0 unspecified atom stereocenters. The summed E-state index contributed by atoms with van der Waals surface area (Å²) in [4.78, 5) is 10.1. The maximum Gasteiger partial charge on any atom is 0.184 e. The van der Waals surface area contributed by atoms with Crippen LogP contribution in [0.5, 0.6) is 0 Å². The van der Waals surface area contributed by atoms with E-state index in [0.717, 1.165) is 11.8 Å². The van der Waals surface area contributed by atoms with Crippen LogP contribution in [0.15, 0.2) is 47.7 Å². The highest BCUT2D eigenvalue weighted by Gasteiger charge is 2.26. The molecule has 0 saturated carbocycles. The second-order valence-corrected chi connectivity index (χ2v) is 3.63. The van der Waals surface area contributed by atoms with Crippen molar-refractivity contribution in [1.29, 1.82) is 0 Å². The van der Waals surface area contributed by atoms with E-state index in [-0.39, 0.29) is 5.82 Å². The SMILES string of the molecule is Cc1ccc(C2=CN(O)/C(=C\N=O)N2O)cc1. The van der Waals surface area contributed by atoms with Gasteiger partial charge < -0.3 is 0 Å². The number of nitrogens with zero attached hydrogens (tertiary/aromatic N) is 3. The van der Waals surface area contributed by atoms with Gasteiger partial charge in [0.05, 0.1) is 11.9 Å². The zero-order valence-corrected chi connectivity index (χ0v) is 9.11. The number of nitroso groups, excluding NO2 is 1. The molecule has 2 N–H and O–H groups in total. The van der Waals surface area contributed by atoms with Gasteiger partial charge in [0.2, 0.25) is 0 Å². The topological polar surface area (TPSA) is 76.4 Å². The van der Waals surface area contributed by atoms with Crippen LogP contribution in [0.1, 0.15) is 11.1 Å². The molecule has 1 aromatic carbocycles. The number of aryl methyl sites for hydroxylation is 1. The number of hydrogen-bond donors (Lipinski definition) is 2. The summed E-state index contributed by atoms with van der Waals surface area (Å²) < 4.78 is 0. The molecule has 6 heteroatoms. The van der Waals surface area contributed by atoms with Crippen molar-refractivity contribution >= 4 is 5.70 Å². The lowest BCUT2D eigenvalue weighted by Gasteiger charge is -2.15. The Kier molecular flexibility index (Phi) is 2.90. The van der Waals surface area contributed by atoms with Crippen molar-refractivity contribution in [3.63, 3.8) is 0 Å². The van der Waals surface area contributed by atoms with E-state index >= 15 is 0 Å². The van der Waals surface area contributed by atoms with E-state index in [1.54, 1.807) is 12.1 Å². The van der Waals surface area contributed by atoms with Crippen LogP contribution in [-0.4, -0.2) is 20.5 Å². The predicted octanol–water partition coefficient (Wildman–Crippen LogP) is 2.25. The highest BCUT2D eigenvalue weighted by Crippen LogP contribution is 2.29. The van der Waals surface area contributed by atoms with Crippen molar-refractivity contribution in [3.8, 4) is 0 Å². The fraction of sp³-hybridized carbons (Fsp3) is 0.0909. The monoisotopic (exact) mass is 233 g/mol. The summed E-state index contributed by atoms with van der Waals surface area (Å²) in [6.07, 6.45) is 2.11. The second kappa shape index (κ2) is 4.36. The van der Waals surface area contributed by atoms with Gasteiger partial charge in [-0.3, -0.25) is 10.4 Å². The summed E-state index contributed by atoms with van der Waals surface area (Å²) >= 11 is 0. The summed E-state index contributed by atoms with van der Waals surface area (Å²) in [6, 6.07) is 7.36. The van der Waals surface area contributed by atoms with E-state index in [0.29, 0.717) is 21.4 Å². The molecule has 0 saturated heterocycles. The van der Waals surface area contributed by atoms with Crippen molar-refractivity contribution in [2.24, 2.45) is 5.18 Å². The van der Waals surface area contributed by atoms with E-state index in [1.165, 1.54) is 6.20 Å². The first-order valence-electron chi connectivity index (χ1n) is 4.92. The van der Waals surface area contributed by atoms with Gasteiger partial charge in [0.15, 0.2) is 5.82 Å². The van der Waals surface area contributed by atoms with Crippen LogP contribution in [0, 0.1) is 11.8 Å². The highest BCUT2D eigenvalue weighted by atomic mass is 16.6. The highest BCUT2D eigenvalue weighted by molar-refractivity contribution is 5.66. The van der Waals surface area contributed by atoms with Gasteiger partial charge in [-0.15, -0.1) is 4.91 Å². The molecule has 1 aromatic rings. The van der Waals surface area contributed by atoms with E-state index < -0.39 is 0 Å². The van der Waals surface area contributed by atoms with Crippen molar-refractivity contribution in [2.75, 3.05) is 0 Å². The molecule has 0 bridgehead atoms. The number of hydrogen-bond acceptors (Lipinski definition) is 6. The standard InChI is InChI=1S/C11H11N3O3/c1-8-2-4-9(5-3-8)10-7-13(16)11(6-12-15)14(10)17/h2-7,16-17H,1H3/b11-6+. The fourth-order valence-electron chi connectivity index (χ4n) is 1.54. The van der Waals surface area contributed by atoms with Crippen LogP contribution in [0.2, 0.25) is 0 Å². The van der Waals surface area contributed by atoms with Crippen LogP contribution in [-0.2, 0) is 0 Å². The smallest absolute Gasteiger partial charge is 0.184 e. The molecule has 17 heavy (non-hydrogen) atoms. The average molecular weight is 233 g/mol. The molecule has 1 aliphatic heterocycles. The fourth-order valence-corrected chi connectivity index (χ4v) is 1.54. The van der Waals surface area contributed by atoms with Crippen LogP contribution in [0.4, 0.5) is 0 Å². The maximum absolute atomic E-state index is 10.1. The van der Waals surface area contributed by atoms with Crippen molar-refractivity contribution in [2.45, 2.75) is 6.92 Å². The van der Waals surface area contributed by atoms with Gasteiger partial charge in [-0.05, 0) is 12.1 Å². The third-order valence-corrected chi connectivity index (χ3v) is 2.44. The van der Waals surface area contributed by atoms with Gasteiger partial charge in [-0.1, -0.05) is 29.8 Å². The quantitative estimate of drug-likeness (QED) is 0.766. The van der Waals surface area contributed by atoms with Crippen LogP contribution < -0.4 is 0 Å². The minimum Gasteiger partial charge on any atom is -0.282 e. The summed E-state index contributed by atoms with van der Waals surface area (Å²) in [5.41, 5.74) is 2.16. The number of benzene rings is 1. The van der Waals surface area contributed by atoms with Crippen LogP contribution >= 0.6 is 0 Å². The van der Waals surface area contributed by atoms with Gasteiger partial charge in [0.1, 0.15) is 6.20 Å². The number of rotatable bonds is 2. The number of hydroxylamine groups is 4. The predicted molar refractivity (Wildman–Crippen MR) is 60.3 cm³/mol. The molecule has 0 amide bonds. The zero-order chi connectivity index (χ0) is 12.4. The minimum atomic E-state index is -0.115. The van der Waals surface area contributed by atoms with Crippen molar-refractivity contribution in [1.82, 2.24) is 10.1 Å². The molecule has 0 aromatic heterocycles. The van der Waals surface area contributed by atoms with E-state index in [9.17, 15) is 15.3 Å². The minimum absolute atomic E-state index is 0.115. The first-order chi connectivity index (χ1) is 8.13. The van der Waals surface area contributed by atoms with Crippen LogP contribution in [0.3, 0.4) is 0 Å². The summed E-state index contributed by atoms with van der Waals surface area (Å²) in [5.74, 6) is -0.115. The lowest BCUT2D eigenvalue weighted by Crippen LogP contribution is -2.18. The van der Waals surface area contributed by atoms with E-state index in [2.05, 4.69) is 5.18 Å². The molecule has 2 rings (SSSR count).